The SMILES string of the molecule is Cc1[nH]nc2c1[C@@H](c1cccc(OCC(C)C)c1)SCC(=O)N2. The molecule has 0 aliphatic carbocycles. The van der Waals surface area contributed by atoms with Gasteiger partial charge in [-0.05, 0) is 30.5 Å². The maximum absolute atomic E-state index is 11.9. The van der Waals surface area contributed by atoms with Gasteiger partial charge in [0.25, 0.3) is 0 Å². The molecule has 0 fully saturated rings. The van der Waals surface area contributed by atoms with Gasteiger partial charge in [0.2, 0.25) is 5.91 Å². The van der Waals surface area contributed by atoms with Crippen molar-refractivity contribution in [3.63, 3.8) is 0 Å². The number of hydrogen-bond donors (Lipinski definition) is 2. The first kappa shape index (κ1) is 15.9. The molecule has 2 N–H and O–H groups in total. The number of rotatable bonds is 4. The lowest BCUT2D eigenvalue weighted by Crippen LogP contribution is -2.12. The average Bonchev–Trinajstić information content (AvgIpc) is 2.78. The van der Waals surface area contributed by atoms with E-state index in [0.717, 1.165) is 22.6 Å². The van der Waals surface area contributed by atoms with Crippen molar-refractivity contribution in [1.29, 1.82) is 0 Å². The number of amides is 1. The van der Waals surface area contributed by atoms with Crippen molar-refractivity contribution < 1.29 is 9.53 Å². The van der Waals surface area contributed by atoms with E-state index < -0.39 is 0 Å². The third-order valence-corrected chi connectivity index (χ3v) is 4.91. The number of aromatic amines is 1. The molecule has 0 spiro atoms. The molecule has 1 amide bonds. The minimum absolute atomic E-state index is 0.0162. The van der Waals surface area contributed by atoms with E-state index in [1.54, 1.807) is 11.8 Å². The van der Waals surface area contributed by atoms with E-state index in [4.69, 9.17) is 4.74 Å². The summed E-state index contributed by atoms with van der Waals surface area (Å²) >= 11 is 1.61. The van der Waals surface area contributed by atoms with E-state index in [1.165, 1.54) is 0 Å². The second kappa shape index (κ2) is 6.66. The highest BCUT2D eigenvalue weighted by molar-refractivity contribution is 8.00. The van der Waals surface area contributed by atoms with E-state index in [9.17, 15) is 4.79 Å². The Bertz CT molecular complexity index is 712. The summed E-state index contributed by atoms with van der Waals surface area (Å²) in [7, 11) is 0. The minimum Gasteiger partial charge on any atom is -0.493 e. The Kier molecular flexibility index (Phi) is 4.61. The van der Waals surface area contributed by atoms with Crippen molar-refractivity contribution in [2.24, 2.45) is 5.92 Å². The number of benzene rings is 1. The molecular weight excluding hydrogens is 310 g/mol. The molecule has 3 rings (SSSR count). The molecule has 1 aromatic heterocycles. The van der Waals surface area contributed by atoms with E-state index in [1.807, 2.05) is 19.1 Å². The molecule has 1 aromatic carbocycles. The average molecular weight is 331 g/mol. The second-order valence-corrected chi connectivity index (χ2v) is 7.22. The largest absolute Gasteiger partial charge is 0.493 e. The van der Waals surface area contributed by atoms with Gasteiger partial charge in [0, 0.05) is 11.3 Å². The van der Waals surface area contributed by atoms with Crippen LogP contribution < -0.4 is 10.1 Å². The molecule has 0 bridgehead atoms. The topological polar surface area (TPSA) is 67.0 Å². The third-order valence-electron chi connectivity index (χ3n) is 3.64. The van der Waals surface area contributed by atoms with Crippen molar-refractivity contribution in [3.8, 4) is 5.75 Å². The van der Waals surface area contributed by atoms with Crippen molar-refractivity contribution in [2.45, 2.75) is 26.0 Å². The fourth-order valence-corrected chi connectivity index (χ4v) is 3.74. The summed E-state index contributed by atoms with van der Waals surface area (Å²) in [6.07, 6.45) is 0. The lowest BCUT2D eigenvalue weighted by molar-refractivity contribution is -0.113. The molecule has 5 nitrogen and oxygen atoms in total. The summed E-state index contributed by atoms with van der Waals surface area (Å²) in [4.78, 5) is 11.9. The monoisotopic (exact) mass is 331 g/mol. The van der Waals surface area contributed by atoms with Gasteiger partial charge >= 0.3 is 0 Å². The number of carbonyl (C=O) groups is 1. The number of H-pyrrole nitrogens is 1. The smallest absolute Gasteiger partial charge is 0.235 e. The van der Waals surface area contributed by atoms with Gasteiger partial charge in [-0.25, -0.2) is 0 Å². The number of aryl methyl sites for hydroxylation is 1. The maximum Gasteiger partial charge on any atom is 0.235 e. The number of nitrogens with one attached hydrogen (secondary N) is 2. The quantitative estimate of drug-likeness (QED) is 0.899. The van der Waals surface area contributed by atoms with Gasteiger partial charge in [0.1, 0.15) is 5.75 Å². The first-order valence-electron chi connectivity index (χ1n) is 7.73. The first-order valence-corrected chi connectivity index (χ1v) is 8.78. The number of aromatic nitrogens is 2. The lowest BCUT2D eigenvalue weighted by atomic mass is 10.0. The number of ether oxygens (including phenoxy) is 1. The molecule has 0 unspecified atom stereocenters. The molecule has 1 atom stereocenters. The van der Waals surface area contributed by atoms with Crippen LogP contribution >= 0.6 is 11.8 Å². The molecule has 6 heteroatoms. The van der Waals surface area contributed by atoms with Crippen LogP contribution in [0.2, 0.25) is 0 Å². The summed E-state index contributed by atoms with van der Waals surface area (Å²) in [5, 5.41) is 10.1. The predicted octanol–water partition coefficient (Wildman–Crippen LogP) is 3.53. The van der Waals surface area contributed by atoms with E-state index in [-0.39, 0.29) is 11.2 Å². The Morgan fingerprint density at radius 2 is 2.26 bits per heavy atom. The maximum atomic E-state index is 11.9. The Morgan fingerprint density at radius 1 is 1.43 bits per heavy atom. The molecule has 1 aliphatic rings. The van der Waals surface area contributed by atoms with Gasteiger partial charge in [-0.15, -0.1) is 11.8 Å². The predicted molar refractivity (Wildman–Crippen MR) is 93.0 cm³/mol. The molecule has 1 aliphatic heterocycles. The summed E-state index contributed by atoms with van der Waals surface area (Å²) in [6.45, 7) is 6.93. The van der Waals surface area contributed by atoms with Crippen LogP contribution in [0.5, 0.6) is 5.75 Å². The number of thioether (sulfide) groups is 1. The van der Waals surface area contributed by atoms with Crippen LogP contribution in [0.1, 0.15) is 35.9 Å². The van der Waals surface area contributed by atoms with E-state index in [2.05, 4.69) is 41.5 Å². The Balaban J connectivity index is 1.93. The van der Waals surface area contributed by atoms with Crippen LogP contribution in [0.15, 0.2) is 24.3 Å². The van der Waals surface area contributed by atoms with Crippen molar-refractivity contribution >= 4 is 23.5 Å². The molecule has 0 saturated carbocycles. The van der Waals surface area contributed by atoms with Crippen molar-refractivity contribution in [1.82, 2.24) is 10.2 Å². The molecule has 23 heavy (non-hydrogen) atoms. The molecule has 122 valence electrons. The van der Waals surface area contributed by atoms with Gasteiger partial charge in [0.15, 0.2) is 5.82 Å². The summed E-state index contributed by atoms with van der Waals surface area (Å²) in [6, 6.07) is 8.11. The fourth-order valence-electron chi connectivity index (χ4n) is 2.56. The second-order valence-electron chi connectivity index (χ2n) is 6.13. The number of anilines is 1. The van der Waals surface area contributed by atoms with Crippen LogP contribution in [-0.4, -0.2) is 28.5 Å². The van der Waals surface area contributed by atoms with Gasteiger partial charge < -0.3 is 10.1 Å². The van der Waals surface area contributed by atoms with E-state index >= 15 is 0 Å². The van der Waals surface area contributed by atoms with Crippen LogP contribution in [0.3, 0.4) is 0 Å². The Labute approximate surface area is 140 Å². The van der Waals surface area contributed by atoms with Gasteiger partial charge in [-0.1, -0.05) is 26.0 Å². The Morgan fingerprint density at radius 3 is 3.04 bits per heavy atom. The summed E-state index contributed by atoms with van der Waals surface area (Å²) < 4.78 is 5.84. The number of fused-ring (bicyclic) bond motifs is 1. The lowest BCUT2D eigenvalue weighted by Gasteiger charge is -2.17. The minimum atomic E-state index is -0.0162. The number of nitrogens with zero attached hydrogens (tertiary/aromatic N) is 1. The van der Waals surface area contributed by atoms with Crippen LogP contribution in [0, 0.1) is 12.8 Å². The first-order chi connectivity index (χ1) is 11.0. The summed E-state index contributed by atoms with van der Waals surface area (Å²) in [5.41, 5.74) is 3.15. The van der Waals surface area contributed by atoms with Crippen molar-refractivity contribution in [2.75, 3.05) is 17.7 Å². The van der Waals surface area contributed by atoms with Crippen LogP contribution in [0.25, 0.3) is 0 Å². The normalized spacial score (nSPS) is 17.6. The highest BCUT2D eigenvalue weighted by Crippen LogP contribution is 2.42. The highest BCUT2D eigenvalue weighted by Gasteiger charge is 2.28. The third kappa shape index (κ3) is 3.52. The van der Waals surface area contributed by atoms with Crippen LogP contribution in [-0.2, 0) is 4.79 Å². The molecule has 2 heterocycles. The standard InChI is InChI=1S/C17H21N3O2S/c1-10(2)8-22-13-6-4-5-12(7-13)16-15-11(3)19-20-17(15)18-14(21)9-23-16/h4-7,10,16H,8-9H2,1-3H3,(H2,18,19,20,21)/t16-/m1/s1. The van der Waals surface area contributed by atoms with E-state index in [0.29, 0.717) is 24.1 Å². The molecule has 0 saturated heterocycles. The molecule has 0 radical (unpaired) electrons. The zero-order valence-corrected chi connectivity index (χ0v) is 14.4. The number of carbonyl (C=O) groups excluding carboxylic acids is 1. The zero-order chi connectivity index (χ0) is 16.4. The van der Waals surface area contributed by atoms with Gasteiger partial charge in [-0.2, -0.15) is 5.10 Å². The highest BCUT2D eigenvalue weighted by atomic mass is 32.2. The summed E-state index contributed by atoms with van der Waals surface area (Å²) in [5.74, 6) is 2.38. The number of hydrogen-bond acceptors (Lipinski definition) is 4. The Hall–Kier alpha value is -1.95. The zero-order valence-electron chi connectivity index (χ0n) is 13.6. The van der Waals surface area contributed by atoms with Gasteiger partial charge in [-0.3, -0.25) is 9.89 Å². The molecule has 2 aromatic rings. The van der Waals surface area contributed by atoms with Crippen molar-refractivity contribution in [3.05, 3.63) is 41.1 Å². The van der Waals surface area contributed by atoms with Gasteiger partial charge in [0.05, 0.1) is 17.6 Å². The molecular formula is C17H21N3O2S. The fraction of sp³-hybridized carbons (Fsp3) is 0.412. The van der Waals surface area contributed by atoms with Crippen LogP contribution in [0.4, 0.5) is 5.82 Å².